The van der Waals surface area contributed by atoms with Gasteiger partial charge in [-0.1, -0.05) is 6.92 Å². The van der Waals surface area contributed by atoms with E-state index >= 15 is 0 Å². The van der Waals surface area contributed by atoms with Crippen molar-refractivity contribution >= 4 is 11.9 Å². The van der Waals surface area contributed by atoms with E-state index in [0.29, 0.717) is 17.7 Å². The molecule has 0 bridgehead atoms. The van der Waals surface area contributed by atoms with Crippen LogP contribution in [0.15, 0.2) is 34.9 Å². The van der Waals surface area contributed by atoms with Crippen LogP contribution < -0.4 is 5.32 Å². The maximum absolute atomic E-state index is 12.8. The van der Waals surface area contributed by atoms with Crippen molar-refractivity contribution in [2.75, 3.05) is 0 Å². The second kappa shape index (κ2) is 6.84. The average Bonchev–Trinajstić information content (AvgIpc) is 2.93. The number of carbonyl (C=O) groups is 2. The van der Waals surface area contributed by atoms with Gasteiger partial charge in [0, 0.05) is 5.56 Å². The molecule has 0 spiro atoms. The molecule has 1 unspecified atom stereocenters. The molecule has 0 aliphatic heterocycles. The summed E-state index contributed by atoms with van der Waals surface area (Å²) in [5.74, 6) is -1.63. The number of carboxylic acids is 1. The summed E-state index contributed by atoms with van der Waals surface area (Å²) >= 11 is 0. The molecule has 0 aliphatic rings. The number of benzene rings is 1. The van der Waals surface area contributed by atoms with Crippen molar-refractivity contribution in [1.82, 2.24) is 10.3 Å². The largest absolute Gasteiger partial charge is 0.480 e. The van der Waals surface area contributed by atoms with E-state index in [1.807, 2.05) is 0 Å². The van der Waals surface area contributed by atoms with Gasteiger partial charge in [0.05, 0.1) is 12.1 Å². The number of carboxylic acid groups (broad SMARTS) is 1. The molecule has 0 radical (unpaired) electrons. The predicted octanol–water partition coefficient (Wildman–Crippen LogP) is 2.00. The third kappa shape index (κ3) is 3.91. The smallest absolute Gasteiger partial charge is 0.326 e. The number of oxazole rings is 1. The molecule has 2 aromatic rings. The first-order valence-corrected chi connectivity index (χ1v) is 6.72. The highest BCUT2D eigenvalue weighted by Crippen LogP contribution is 2.19. The summed E-state index contributed by atoms with van der Waals surface area (Å²) in [5, 5.41) is 11.3. The molecule has 7 heteroatoms. The average molecular weight is 306 g/mol. The highest BCUT2D eigenvalue weighted by atomic mass is 19.1. The number of nitrogens with zero attached hydrogens (tertiary/aromatic N) is 1. The molecule has 1 heterocycles. The number of halogens is 1. The third-order valence-corrected chi connectivity index (χ3v) is 3.03. The molecule has 0 fully saturated rings. The number of rotatable bonds is 6. The van der Waals surface area contributed by atoms with E-state index in [1.54, 1.807) is 6.92 Å². The lowest BCUT2D eigenvalue weighted by Gasteiger charge is -2.11. The first kappa shape index (κ1) is 15.7. The van der Waals surface area contributed by atoms with Crippen molar-refractivity contribution < 1.29 is 23.5 Å². The molecule has 1 amide bonds. The molecule has 1 aromatic carbocycles. The van der Waals surface area contributed by atoms with Crippen molar-refractivity contribution in [3.05, 3.63) is 42.0 Å². The predicted molar refractivity (Wildman–Crippen MR) is 75.5 cm³/mol. The maximum Gasteiger partial charge on any atom is 0.326 e. The highest BCUT2D eigenvalue weighted by molar-refractivity contribution is 5.84. The first-order chi connectivity index (χ1) is 10.5. The van der Waals surface area contributed by atoms with Gasteiger partial charge in [-0.25, -0.2) is 14.2 Å². The fourth-order valence-electron chi connectivity index (χ4n) is 1.86. The van der Waals surface area contributed by atoms with Gasteiger partial charge in [-0.3, -0.25) is 4.79 Å². The van der Waals surface area contributed by atoms with E-state index in [9.17, 15) is 14.0 Å². The lowest BCUT2D eigenvalue weighted by molar-refractivity contribution is -0.141. The molecule has 116 valence electrons. The molecule has 1 atom stereocenters. The fraction of sp³-hybridized carbons (Fsp3) is 0.267. The molecule has 6 nitrogen and oxygen atoms in total. The van der Waals surface area contributed by atoms with Crippen LogP contribution in [0.1, 0.15) is 19.0 Å². The Morgan fingerprint density at radius 1 is 1.36 bits per heavy atom. The first-order valence-electron chi connectivity index (χ1n) is 6.72. The number of aromatic nitrogens is 1. The van der Waals surface area contributed by atoms with Gasteiger partial charge in [0.25, 0.3) is 0 Å². The number of carbonyl (C=O) groups excluding carboxylic acids is 1. The number of amides is 1. The van der Waals surface area contributed by atoms with Crippen LogP contribution in [-0.4, -0.2) is 28.0 Å². The molecule has 22 heavy (non-hydrogen) atoms. The molecule has 0 aliphatic carbocycles. The van der Waals surface area contributed by atoms with E-state index in [1.165, 1.54) is 30.5 Å². The Morgan fingerprint density at radius 2 is 2.05 bits per heavy atom. The number of hydrogen-bond donors (Lipinski definition) is 2. The van der Waals surface area contributed by atoms with Gasteiger partial charge in [0.15, 0.2) is 0 Å². The number of aliphatic carboxylic acids is 1. The van der Waals surface area contributed by atoms with Crippen molar-refractivity contribution in [3.8, 4) is 11.5 Å². The molecule has 2 N–H and O–H groups in total. The topological polar surface area (TPSA) is 92.4 Å². The van der Waals surface area contributed by atoms with Crippen molar-refractivity contribution in [2.24, 2.45) is 0 Å². The second-order valence-electron chi connectivity index (χ2n) is 4.69. The normalized spacial score (nSPS) is 11.9. The summed E-state index contributed by atoms with van der Waals surface area (Å²) < 4.78 is 18.1. The Kier molecular flexibility index (Phi) is 4.88. The minimum absolute atomic E-state index is 0.0888. The van der Waals surface area contributed by atoms with Gasteiger partial charge in [0.1, 0.15) is 18.1 Å². The lowest BCUT2D eigenvalue weighted by Crippen LogP contribution is -2.41. The Bertz CT molecular complexity index is 666. The van der Waals surface area contributed by atoms with Crippen LogP contribution >= 0.6 is 0 Å². The van der Waals surface area contributed by atoms with Crippen molar-refractivity contribution in [3.63, 3.8) is 0 Å². The van der Waals surface area contributed by atoms with E-state index < -0.39 is 17.9 Å². The Hall–Kier alpha value is -2.70. The van der Waals surface area contributed by atoms with Gasteiger partial charge in [-0.05, 0) is 30.7 Å². The fourth-order valence-corrected chi connectivity index (χ4v) is 1.86. The molecule has 0 saturated carbocycles. The van der Waals surface area contributed by atoms with Crippen LogP contribution in [0.25, 0.3) is 11.5 Å². The SMILES string of the molecule is CCC(NC(=O)Cc1coc(-c2ccc(F)cc2)n1)C(=O)O. The van der Waals surface area contributed by atoms with Crippen LogP contribution in [0.4, 0.5) is 4.39 Å². The number of hydrogen-bond acceptors (Lipinski definition) is 4. The van der Waals surface area contributed by atoms with Gasteiger partial charge < -0.3 is 14.8 Å². The minimum atomic E-state index is -1.08. The summed E-state index contributed by atoms with van der Waals surface area (Å²) in [6.07, 6.45) is 1.52. The van der Waals surface area contributed by atoms with Crippen LogP contribution in [0.2, 0.25) is 0 Å². The molecule has 1 aromatic heterocycles. The quantitative estimate of drug-likeness (QED) is 0.851. The monoisotopic (exact) mass is 306 g/mol. The lowest BCUT2D eigenvalue weighted by atomic mass is 10.2. The minimum Gasteiger partial charge on any atom is -0.480 e. The Morgan fingerprint density at radius 3 is 2.64 bits per heavy atom. The molecular formula is C15H15FN2O4. The van der Waals surface area contributed by atoms with Gasteiger partial charge in [0.2, 0.25) is 11.8 Å². The second-order valence-corrected chi connectivity index (χ2v) is 4.69. The molecular weight excluding hydrogens is 291 g/mol. The van der Waals surface area contributed by atoms with Crippen molar-refractivity contribution in [2.45, 2.75) is 25.8 Å². The van der Waals surface area contributed by atoms with Crippen LogP contribution in [-0.2, 0) is 16.0 Å². The van der Waals surface area contributed by atoms with Gasteiger partial charge in [-0.2, -0.15) is 0 Å². The summed E-state index contributed by atoms with van der Waals surface area (Å²) in [4.78, 5) is 26.8. The summed E-state index contributed by atoms with van der Waals surface area (Å²) in [6.45, 7) is 1.67. The number of nitrogens with one attached hydrogen (secondary N) is 1. The third-order valence-electron chi connectivity index (χ3n) is 3.03. The zero-order valence-corrected chi connectivity index (χ0v) is 11.9. The van der Waals surface area contributed by atoms with E-state index in [-0.39, 0.29) is 18.1 Å². The Labute approximate surface area is 126 Å². The maximum atomic E-state index is 12.8. The molecule has 2 rings (SSSR count). The summed E-state index contributed by atoms with van der Waals surface area (Å²) in [6, 6.07) is 4.68. The van der Waals surface area contributed by atoms with Gasteiger partial charge >= 0.3 is 5.97 Å². The van der Waals surface area contributed by atoms with Crippen LogP contribution in [0.3, 0.4) is 0 Å². The Balaban J connectivity index is 2.01. The standard InChI is InChI=1S/C15H15FN2O4/c1-2-12(15(20)21)18-13(19)7-11-8-22-14(17-11)9-3-5-10(16)6-4-9/h3-6,8,12H,2,7H2,1H3,(H,18,19)(H,20,21). The van der Waals surface area contributed by atoms with Crippen LogP contribution in [0.5, 0.6) is 0 Å². The zero-order chi connectivity index (χ0) is 16.1. The van der Waals surface area contributed by atoms with E-state index in [0.717, 1.165) is 0 Å². The highest BCUT2D eigenvalue weighted by Gasteiger charge is 2.18. The van der Waals surface area contributed by atoms with Gasteiger partial charge in [-0.15, -0.1) is 0 Å². The van der Waals surface area contributed by atoms with Crippen molar-refractivity contribution in [1.29, 1.82) is 0 Å². The summed E-state index contributed by atoms with van der Waals surface area (Å²) in [5.41, 5.74) is 0.960. The van der Waals surface area contributed by atoms with E-state index in [4.69, 9.17) is 9.52 Å². The summed E-state index contributed by atoms with van der Waals surface area (Å²) in [7, 11) is 0. The zero-order valence-electron chi connectivity index (χ0n) is 11.9. The van der Waals surface area contributed by atoms with E-state index in [2.05, 4.69) is 10.3 Å². The molecule has 0 saturated heterocycles. The van der Waals surface area contributed by atoms with Crippen LogP contribution in [0, 0.1) is 5.82 Å².